The maximum atomic E-state index is 12.3. The van der Waals surface area contributed by atoms with Crippen molar-refractivity contribution in [3.8, 4) is 0 Å². The second-order valence-electron chi connectivity index (χ2n) is 5.25. The van der Waals surface area contributed by atoms with Gasteiger partial charge in [0.25, 0.3) is 0 Å². The zero-order valence-corrected chi connectivity index (χ0v) is 12.3. The average molecular weight is 301 g/mol. The van der Waals surface area contributed by atoms with Crippen LogP contribution in [0.4, 0.5) is 0 Å². The molecule has 2 fully saturated rings. The second-order valence-corrected chi connectivity index (χ2v) is 7.93. The SMILES string of the molecule is NCc1sccc1S(=O)(=O)NC1CCN(C2CC2)C1. The van der Waals surface area contributed by atoms with Crippen molar-refractivity contribution in [3.63, 3.8) is 0 Å². The molecule has 5 nitrogen and oxygen atoms in total. The van der Waals surface area contributed by atoms with E-state index in [4.69, 9.17) is 5.73 Å². The van der Waals surface area contributed by atoms with Crippen LogP contribution in [0.25, 0.3) is 0 Å². The Balaban J connectivity index is 1.68. The summed E-state index contributed by atoms with van der Waals surface area (Å²) in [5, 5.41) is 1.78. The number of thiophene rings is 1. The molecule has 2 heterocycles. The molecule has 3 N–H and O–H groups in total. The van der Waals surface area contributed by atoms with Crippen LogP contribution in [0.2, 0.25) is 0 Å². The van der Waals surface area contributed by atoms with E-state index in [0.29, 0.717) is 10.9 Å². The summed E-state index contributed by atoms with van der Waals surface area (Å²) in [5.41, 5.74) is 5.58. The van der Waals surface area contributed by atoms with Gasteiger partial charge in [-0.25, -0.2) is 13.1 Å². The monoisotopic (exact) mass is 301 g/mol. The molecule has 0 spiro atoms. The standard InChI is InChI=1S/C12H19N3O2S2/c13-7-11-12(4-6-18-11)19(16,17)14-9-3-5-15(8-9)10-1-2-10/h4,6,9-10,14H,1-3,5,7-8,13H2. The number of likely N-dealkylation sites (tertiary alicyclic amines) is 1. The lowest BCUT2D eigenvalue weighted by molar-refractivity contribution is 0.322. The van der Waals surface area contributed by atoms with E-state index >= 15 is 0 Å². The lowest BCUT2D eigenvalue weighted by atomic mass is 10.3. The Bertz CT molecular complexity index is 551. The molecule has 1 aromatic heterocycles. The summed E-state index contributed by atoms with van der Waals surface area (Å²) < 4.78 is 27.5. The Hall–Kier alpha value is -0.470. The summed E-state index contributed by atoms with van der Waals surface area (Å²) in [4.78, 5) is 3.47. The molecule has 1 saturated carbocycles. The van der Waals surface area contributed by atoms with Gasteiger partial charge in [0, 0.05) is 36.6 Å². The van der Waals surface area contributed by atoms with Gasteiger partial charge >= 0.3 is 0 Å². The number of rotatable bonds is 5. The van der Waals surface area contributed by atoms with Crippen molar-refractivity contribution in [3.05, 3.63) is 16.3 Å². The number of hydrogen-bond donors (Lipinski definition) is 2. The van der Waals surface area contributed by atoms with E-state index in [1.54, 1.807) is 11.4 Å². The molecule has 1 aliphatic heterocycles. The van der Waals surface area contributed by atoms with Crippen LogP contribution in [0.1, 0.15) is 24.1 Å². The highest BCUT2D eigenvalue weighted by atomic mass is 32.2. The third-order valence-corrected chi connectivity index (χ3v) is 6.46. The fourth-order valence-electron chi connectivity index (χ4n) is 2.65. The van der Waals surface area contributed by atoms with Gasteiger partial charge in [0.15, 0.2) is 0 Å². The highest BCUT2D eigenvalue weighted by Gasteiger charge is 2.36. The van der Waals surface area contributed by atoms with Gasteiger partial charge in [-0.15, -0.1) is 11.3 Å². The first-order chi connectivity index (χ1) is 9.10. The van der Waals surface area contributed by atoms with Crippen molar-refractivity contribution < 1.29 is 8.42 Å². The predicted octanol–water partition coefficient (Wildman–Crippen LogP) is 0.722. The molecule has 3 rings (SSSR count). The van der Waals surface area contributed by atoms with Gasteiger partial charge < -0.3 is 5.73 Å². The summed E-state index contributed by atoms with van der Waals surface area (Å²) >= 11 is 1.40. The maximum absolute atomic E-state index is 12.3. The molecule has 106 valence electrons. The topological polar surface area (TPSA) is 75.4 Å². The van der Waals surface area contributed by atoms with Crippen LogP contribution in [-0.2, 0) is 16.6 Å². The summed E-state index contributed by atoms with van der Waals surface area (Å²) in [6.45, 7) is 2.12. The zero-order valence-electron chi connectivity index (χ0n) is 10.7. The van der Waals surface area contributed by atoms with Gasteiger partial charge in [-0.2, -0.15) is 0 Å². The molecule has 1 unspecified atom stereocenters. The first kappa shape index (κ1) is 13.5. The van der Waals surface area contributed by atoms with E-state index < -0.39 is 10.0 Å². The summed E-state index contributed by atoms with van der Waals surface area (Å²) in [7, 11) is -3.42. The van der Waals surface area contributed by atoms with Crippen molar-refractivity contribution in [2.45, 2.75) is 42.8 Å². The largest absolute Gasteiger partial charge is 0.326 e. The molecule has 1 aliphatic carbocycles. The van der Waals surface area contributed by atoms with Crippen LogP contribution < -0.4 is 10.5 Å². The second kappa shape index (κ2) is 5.14. The fourth-order valence-corrected chi connectivity index (χ4v) is 5.25. The minimum Gasteiger partial charge on any atom is -0.326 e. The molecule has 0 aromatic carbocycles. The Morgan fingerprint density at radius 2 is 2.21 bits per heavy atom. The van der Waals surface area contributed by atoms with E-state index in [0.717, 1.165) is 24.4 Å². The Morgan fingerprint density at radius 1 is 1.42 bits per heavy atom. The summed E-state index contributed by atoms with van der Waals surface area (Å²) in [6, 6.07) is 2.38. The molecule has 2 aliphatic rings. The van der Waals surface area contributed by atoms with Gasteiger partial charge in [0.1, 0.15) is 0 Å². The van der Waals surface area contributed by atoms with Gasteiger partial charge in [-0.3, -0.25) is 4.90 Å². The van der Waals surface area contributed by atoms with Crippen molar-refractivity contribution in [1.82, 2.24) is 9.62 Å². The van der Waals surface area contributed by atoms with Crippen molar-refractivity contribution >= 4 is 21.4 Å². The lowest BCUT2D eigenvalue weighted by Crippen LogP contribution is -2.37. The Morgan fingerprint density at radius 3 is 2.89 bits per heavy atom. The lowest BCUT2D eigenvalue weighted by Gasteiger charge is -2.16. The molecule has 7 heteroatoms. The van der Waals surface area contributed by atoms with E-state index in [1.165, 1.54) is 24.2 Å². The van der Waals surface area contributed by atoms with Crippen LogP contribution in [0.3, 0.4) is 0 Å². The Labute approximate surface area is 117 Å². The maximum Gasteiger partial charge on any atom is 0.242 e. The molecule has 0 bridgehead atoms. The van der Waals surface area contributed by atoms with Crippen molar-refractivity contribution in [2.24, 2.45) is 5.73 Å². The number of nitrogens with zero attached hydrogens (tertiary/aromatic N) is 1. The first-order valence-corrected chi connectivity index (χ1v) is 8.99. The van der Waals surface area contributed by atoms with E-state index in [-0.39, 0.29) is 12.6 Å². The molecule has 1 aromatic rings. The van der Waals surface area contributed by atoms with Crippen LogP contribution in [-0.4, -0.2) is 38.5 Å². The highest BCUT2D eigenvalue weighted by Crippen LogP contribution is 2.30. The third kappa shape index (κ3) is 2.85. The van der Waals surface area contributed by atoms with E-state index in [2.05, 4.69) is 9.62 Å². The molecule has 1 saturated heterocycles. The number of hydrogen-bond acceptors (Lipinski definition) is 5. The molecular formula is C12H19N3O2S2. The fraction of sp³-hybridized carbons (Fsp3) is 0.667. The van der Waals surface area contributed by atoms with Crippen LogP contribution >= 0.6 is 11.3 Å². The molecule has 1 atom stereocenters. The van der Waals surface area contributed by atoms with Crippen LogP contribution in [0.15, 0.2) is 16.3 Å². The smallest absolute Gasteiger partial charge is 0.242 e. The number of nitrogens with two attached hydrogens (primary N) is 1. The van der Waals surface area contributed by atoms with Gasteiger partial charge in [-0.05, 0) is 30.7 Å². The van der Waals surface area contributed by atoms with Crippen LogP contribution in [0.5, 0.6) is 0 Å². The number of nitrogens with one attached hydrogen (secondary N) is 1. The summed E-state index contributed by atoms with van der Waals surface area (Å²) in [5.74, 6) is 0. The zero-order chi connectivity index (χ0) is 13.5. The Kier molecular flexibility index (Phi) is 3.65. The minimum atomic E-state index is -3.42. The number of sulfonamides is 1. The van der Waals surface area contributed by atoms with Gasteiger partial charge in [-0.1, -0.05) is 0 Å². The van der Waals surface area contributed by atoms with Gasteiger partial charge in [0.05, 0.1) is 4.90 Å². The predicted molar refractivity (Wildman–Crippen MR) is 75.5 cm³/mol. The molecule has 0 radical (unpaired) electrons. The highest BCUT2D eigenvalue weighted by molar-refractivity contribution is 7.89. The van der Waals surface area contributed by atoms with Crippen LogP contribution in [0, 0.1) is 0 Å². The van der Waals surface area contributed by atoms with Crippen molar-refractivity contribution in [2.75, 3.05) is 13.1 Å². The average Bonchev–Trinajstić information content (AvgIpc) is 2.92. The first-order valence-electron chi connectivity index (χ1n) is 6.63. The van der Waals surface area contributed by atoms with E-state index in [1.807, 2.05) is 0 Å². The molecule has 0 amide bonds. The van der Waals surface area contributed by atoms with E-state index in [9.17, 15) is 8.42 Å². The molecular weight excluding hydrogens is 282 g/mol. The van der Waals surface area contributed by atoms with Gasteiger partial charge in [0.2, 0.25) is 10.0 Å². The minimum absolute atomic E-state index is 0.0381. The normalized spacial score (nSPS) is 25.0. The molecule has 19 heavy (non-hydrogen) atoms. The summed E-state index contributed by atoms with van der Waals surface area (Å²) in [6.07, 6.45) is 3.43. The van der Waals surface area contributed by atoms with Crippen molar-refractivity contribution in [1.29, 1.82) is 0 Å². The quantitative estimate of drug-likeness (QED) is 0.840. The third-order valence-electron chi connectivity index (χ3n) is 3.78.